The van der Waals surface area contributed by atoms with Crippen LogP contribution in [0.25, 0.3) is 0 Å². The van der Waals surface area contributed by atoms with Crippen LogP contribution in [0.5, 0.6) is 0 Å². The number of halogens is 1. The molecule has 17 heavy (non-hydrogen) atoms. The molecule has 1 saturated heterocycles. The van der Waals surface area contributed by atoms with E-state index in [0.29, 0.717) is 10.5 Å². The second kappa shape index (κ2) is 5.19. The Bertz CT molecular complexity index is 378. The molecule has 5 heteroatoms. The minimum absolute atomic E-state index is 0.000522. The number of thioether (sulfide) groups is 1. The monoisotopic (exact) mass is 273 g/mol. The van der Waals surface area contributed by atoms with E-state index in [2.05, 4.69) is 47.3 Å². The highest BCUT2D eigenvalue weighted by Gasteiger charge is 2.25. The molecule has 0 saturated carbocycles. The molecule has 1 fully saturated rings. The van der Waals surface area contributed by atoms with Crippen LogP contribution in [0.15, 0.2) is 0 Å². The molecule has 0 radical (unpaired) electrons. The second-order valence-electron chi connectivity index (χ2n) is 5.64. The average Bonchev–Trinajstić information content (AvgIpc) is 2.62. The van der Waals surface area contributed by atoms with E-state index in [1.807, 2.05) is 0 Å². The van der Waals surface area contributed by atoms with Crippen molar-refractivity contribution in [3.63, 3.8) is 0 Å². The van der Waals surface area contributed by atoms with E-state index in [4.69, 9.17) is 11.6 Å². The predicted octanol–water partition coefficient (Wildman–Crippen LogP) is 3.51. The molecular weight excluding hydrogens is 254 g/mol. The van der Waals surface area contributed by atoms with E-state index in [0.717, 1.165) is 12.4 Å². The molecule has 1 atom stereocenters. The molecule has 3 nitrogen and oxygen atoms in total. The number of rotatable bonds is 2. The first-order valence-corrected chi connectivity index (χ1v) is 7.62. The lowest BCUT2D eigenvalue weighted by Gasteiger charge is -2.25. The molecule has 1 aliphatic rings. The zero-order valence-electron chi connectivity index (χ0n) is 10.7. The van der Waals surface area contributed by atoms with Crippen molar-refractivity contribution < 1.29 is 0 Å². The van der Waals surface area contributed by atoms with Crippen LogP contribution in [-0.2, 0) is 12.0 Å². The van der Waals surface area contributed by atoms with E-state index in [1.165, 1.54) is 25.0 Å². The highest BCUT2D eigenvalue weighted by atomic mass is 35.5. The lowest BCUT2D eigenvalue weighted by atomic mass is 9.95. The van der Waals surface area contributed by atoms with Gasteiger partial charge >= 0.3 is 0 Å². The Morgan fingerprint density at radius 2 is 2.12 bits per heavy atom. The maximum atomic E-state index is 6.15. The molecule has 0 spiro atoms. The van der Waals surface area contributed by atoms with E-state index in [1.54, 1.807) is 0 Å². The van der Waals surface area contributed by atoms with Gasteiger partial charge in [-0.05, 0) is 30.2 Å². The van der Waals surface area contributed by atoms with Gasteiger partial charge in [0.2, 0.25) is 5.28 Å². The Labute approximate surface area is 112 Å². The van der Waals surface area contributed by atoms with Crippen LogP contribution in [0.3, 0.4) is 0 Å². The Morgan fingerprint density at radius 1 is 1.35 bits per heavy atom. The minimum Gasteiger partial charge on any atom is -0.300 e. The molecule has 1 aromatic rings. The van der Waals surface area contributed by atoms with Crippen molar-refractivity contribution in [1.82, 2.24) is 14.8 Å². The summed E-state index contributed by atoms with van der Waals surface area (Å²) in [4.78, 5) is 0. The minimum atomic E-state index is -0.000522. The van der Waals surface area contributed by atoms with Crippen molar-refractivity contribution in [3.05, 3.63) is 11.1 Å². The van der Waals surface area contributed by atoms with Gasteiger partial charge in [-0.3, -0.25) is 0 Å². The quantitative estimate of drug-likeness (QED) is 0.826. The Kier molecular flexibility index (Phi) is 4.03. The molecule has 1 unspecified atom stereocenters. The lowest BCUT2D eigenvalue weighted by Crippen LogP contribution is -2.24. The molecule has 0 aliphatic carbocycles. The maximum absolute atomic E-state index is 6.15. The molecule has 2 heterocycles. The number of aromatic nitrogens is 3. The summed E-state index contributed by atoms with van der Waals surface area (Å²) in [5.74, 6) is 2.27. The van der Waals surface area contributed by atoms with Gasteiger partial charge in [0.1, 0.15) is 5.82 Å². The predicted molar refractivity (Wildman–Crippen MR) is 73.8 cm³/mol. The molecule has 0 bridgehead atoms. The fourth-order valence-electron chi connectivity index (χ4n) is 2.16. The van der Waals surface area contributed by atoms with Crippen molar-refractivity contribution in [1.29, 1.82) is 0 Å². The summed E-state index contributed by atoms with van der Waals surface area (Å²) in [6, 6.07) is 0. The summed E-state index contributed by atoms with van der Waals surface area (Å²) in [7, 11) is 0. The summed E-state index contributed by atoms with van der Waals surface area (Å²) in [5, 5.41) is 9.44. The molecular formula is C12H20ClN3S. The van der Waals surface area contributed by atoms with Crippen molar-refractivity contribution >= 4 is 23.4 Å². The molecule has 0 amide bonds. The third-order valence-corrected chi connectivity index (χ3v) is 4.70. The SMILES string of the molecule is CC(C)(C)c1nnc(Cl)n1CC1CCCCS1. The molecule has 0 N–H and O–H groups in total. The van der Waals surface area contributed by atoms with Crippen molar-refractivity contribution in [3.8, 4) is 0 Å². The first kappa shape index (κ1) is 13.2. The van der Waals surface area contributed by atoms with Gasteiger partial charge in [0.15, 0.2) is 0 Å². The van der Waals surface area contributed by atoms with Crippen molar-refractivity contribution in [2.45, 2.75) is 57.2 Å². The van der Waals surface area contributed by atoms with E-state index >= 15 is 0 Å². The van der Waals surface area contributed by atoms with Gasteiger partial charge in [0.25, 0.3) is 0 Å². The molecule has 96 valence electrons. The van der Waals surface area contributed by atoms with Crippen LogP contribution < -0.4 is 0 Å². The first-order valence-electron chi connectivity index (χ1n) is 6.19. The van der Waals surface area contributed by atoms with Gasteiger partial charge in [-0.25, -0.2) is 0 Å². The van der Waals surface area contributed by atoms with E-state index in [-0.39, 0.29) is 5.41 Å². The Morgan fingerprint density at radius 3 is 2.71 bits per heavy atom. The third kappa shape index (κ3) is 3.16. The van der Waals surface area contributed by atoms with Gasteiger partial charge < -0.3 is 4.57 Å². The summed E-state index contributed by atoms with van der Waals surface area (Å²) in [6.45, 7) is 7.40. The van der Waals surface area contributed by atoms with Gasteiger partial charge in [-0.2, -0.15) is 11.8 Å². The van der Waals surface area contributed by atoms with Crippen LogP contribution >= 0.6 is 23.4 Å². The number of nitrogens with zero attached hydrogens (tertiary/aromatic N) is 3. The fraction of sp³-hybridized carbons (Fsp3) is 0.833. The highest BCUT2D eigenvalue weighted by Crippen LogP contribution is 2.29. The van der Waals surface area contributed by atoms with Crippen LogP contribution in [0.1, 0.15) is 45.9 Å². The highest BCUT2D eigenvalue weighted by molar-refractivity contribution is 7.99. The van der Waals surface area contributed by atoms with E-state index in [9.17, 15) is 0 Å². The first-order chi connectivity index (χ1) is 7.98. The average molecular weight is 274 g/mol. The van der Waals surface area contributed by atoms with Gasteiger partial charge in [0, 0.05) is 17.2 Å². The summed E-state index contributed by atoms with van der Waals surface area (Å²) in [6.07, 6.45) is 3.97. The van der Waals surface area contributed by atoms with Crippen molar-refractivity contribution in [2.75, 3.05) is 5.75 Å². The van der Waals surface area contributed by atoms with Crippen LogP contribution in [0, 0.1) is 0 Å². The fourth-order valence-corrected chi connectivity index (χ4v) is 3.63. The summed E-state index contributed by atoms with van der Waals surface area (Å²) in [5.41, 5.74) is -0.000522. The normalized spacial score (nSPS) is 21.8. The zero-order chi connectivity index (χ0) is 12.5. The zero-order valence-corrected chi connectivity index (χ0v) is 12.3. The van der Waals surface area contributed by atoms with Crippen LogP contribution in [0.2, 0.25) is 5.28 Å². The number of hydrogen-bond acceptors (Lipinski definition) is 3. The number of hydrogen-bond donors (Lipinski definition) is 0. The largest absolute Gasteiger partial charge is 0.300 e. The van der Waals surface area contributed by atoms with Gasteiger partial charge in [-0.1, -0.05) is 27.2 Å². The second-order valence-corrected chi connectivity index (χ2v) is 7.39. The Hall–Kier alpha value is -0.220. The van der Waals surface area contributed by atoms with E-state index < -0.39 is 0 Å². The maximum Gasteiger partial charge on any atom is 0.225 e. The van der Waals surface area contributed by atoms with Crippen LogP contribution in [0.4, 0.5) is 0 Å². The smallest absolute Gasteiger partial charge is 0.225 e. The molecule has 0 aromatic carbocycles. The molecule has 2 rings (SSSR count). The van der Waals surface area contributed by atoms with Crippen molar-refractivity contribution in [2.24, 2.45) is 0 Å². The molecule has 1 aliphatic heterocycles. The standard InChI is InChI=1S/C12H20ClN3S/c1-12(2,3)10-14-15-11(13)16(10)8-9-6-4-5-7-17-9/h9H,4-8H2,1-3H3. The third-order valence-electron chi connectivity index (χ3n) is 3.04. The lowest BCUT2D eigenvalue weighted by molar-refractivity contribution is 0.483. The van der Waals surface area contributed by atoms with Gasteiger partial charge in [-0.15, -0.1) is 10.2 Å². The van der Waals surface area contributed by atoms with Crippen LogP contribution in [-0.4, -0.2) is 25.8 Å². The Balaban J connectivity index is 2.16. The topological polar surface area (TPSA) is 30.7 Å². The summed E-state index contributed by atoms with van der Waals surface area (Å²) >= 11 is 8.20. The summed E-state index contributed by atoms with van der Waals surface area (Å²) < 4.78 is 2.09. The molecule has 1 aromatic heterocycles. The van der Waals surface area contributed by atoms with Gasteiger partial charge in [0.05, 0.1) is 0 Å².